The van der Waals surface area contributed by atoms with Crippen LogP contribution in [0.5, 0.6) is 0 Å². The van der Waals surface area contributed by atoms with Gasteiger partial charge in [0, 0.05) is 12.8 Å². The fourth-order valence-electron chi connectivity index (χ4n) is 2.78. The van der Waals surface area contributed by atoms with Crippen molar-refractivity contribution in [2.75, 3.05) is 13.2 Å². The Bertz CT molecular complexity index is 587. The molecule has 2 aliphatic rings. The van der Waals surface area contributed by atoms with Crippen molar-refractivity contribution >= 4 is 47.0 Å². The van der Waals surface area contributed by atoms with Gasteiger partial charge in [-0.3, -0.25) is 19.2 Å². The third-order valence-electron chi connectivity index (χ3n) is 3.82. The first kappa shape index (κ1) is 20.0. The topological polar surface area (TPSA) is 86.7 Å². The van der Waals surface area contributed by atoms with Crippen LogP contribution in [-0.4, -0.2) is 47.2 Å². The van der Waals surface area contributed by atoms with Gasteiger partial charge in [-0.05, 0) is 19.3 Å². The molecule has 1 saturated carbocycles. The lowest BCUT2D eigenvalue weighted by atomic mass is 9.74. The summed E-state index contributed by atoms with van der Waals surface area (Å²) in [7, 11) is 0. The number of thioether (sulfide) groups is 2. The largest absolute Gasteiger partial charge is 0.465 e. The molecule has 0 unspecified atom stereocenters. The van der Waals surface area contributed by atoms with Crippen LogP contribution in [0.4, 0.5) is 0 Å². The van der Waals surface area contributed by atoms with Crippen molar-refractivity contribution < 1.29 is 28.7 Å². The van der Waals surface area contributed by atoms with Crippen molar-refractivity contribution in [1.29, 1.82) is 0 Å². The molecule has 0 aromatic carbocycles. The molecule has 0 aromatic rings. The summed E-state index contributed by atoms with van der Waals surface area (Å²) in [4.78, 5) is 49.4. The Morgan fingerprint density at radius 1 is 0.960 bits per heavy atom. The van der Waals surface area contributed by atoms with Gasteiger partial charge in [0.05, 0.1) is 23.0 Å². The Hall–Kier alpha value is -1.28. The highest BCUT2D eigenvalue weighted by Gasteiger charge is 2.47. The number of hydrogen-bond donors (Lipinski definition) is 0. The van der Waals surface area contributed by atoms with E-state index in [0.717, 1.165) is 23.5 Å². The number of Topliss-reactive ketones (excluding diaryl/α,β-unsaturated/α-hetero) is 2. The minimum Gasteiger partial charge on any atom is -0.465 e. The van der Waals surface area contributed by atoms with E-state index in [1.165, 1.54) is 0 Å². The zero-order chi connectivity index (χ0) is 18.8. The van der Waals surface area contributed by atoms with Gasteiger partial charge in [0.2, 0.25) is 0 Å². The van der Waals surface area contributed by atoms with Gasteiger partial charge in [0.25, 0.3) is 0 Å². The van der Waals surface area contributed by atoms with Crippen LogP contribution in [0.25, 0.3) is 0 Å². The molecule has 0 radical (unpaired) electrons. The van der Waals surface area contributed by atoms with E-state index in [4.69, 9.17) is 9.47 Å². The zero-order valence-corrected chi connectivity index (χ0v) is 16.4. The molecule has 0 spiro atoms. The molecular formula is C17H22O6S2. The van der Waals surface area contributed by atoms with Gasteiger partial charge >= 0.3 is 11.9 Å². The molecule has 25 heavy (non-hydrogen) atoms. The van der Waals surface area contributed by atoms with E-state index in [-0.39, 0.29) is 48.6 Å². The lowest BCUT2D eigenvalue weighted by Crippen LogP contribution is -2.34. The van der Waals surface area contributed by atoms with Crippen LogP contribution < -0.4 is 0 Å². The van der Waals surface area contributed by atoms with Crippen molar-refractivity contribution in [3.63, 3.8) is 0 Å². The summed E-state index contributed by atoms with van der Waals surface area (Å²) in [5.74, 6) is -1.54. The van der Waals surface area contributed by atoms with Crippen LogP contribution in [0.2, 0.25) is 0 Å². The highest BCUT2D eigenvalue weighted by Crippen LogP contribution is 2.51. The molecule has 0 aromatic heterocycles. The zero-order valence-electron chi connectivity index (χ0n) is 14.7. The average Bonchev–Trinajstić information content (AvgIpc) is 2.90. The molecule has 0 amide bonds. The lowest BCUT2D eigenvalue weighted by Gasteiger charge is -2.29. The third-order valence-corrected chi connectivity index (χ3v) is 6.84. The molecule has 2 atom stereocenters. The fraction of sp³-hybridized carbons (Fsp3) is 0.647. The molecule has 2 rings (SSSR count). The monoisotopic (exact) mass is 386 g/mol. The van der Waals surface area contributed by atoms with Crippen molar-refractivity contribution in [3.8, 4) is 0 Å². The van der Waals surface area contributed by atoms with Gasteiger partial charge in [-0.2, -0.15) is 0 Å². The van der Waals surface area contributed by atoms with Crippen LogP contribution in [0.1, 0.15) is 40.5 Å². The molecule has 8 heteroatoms. The Morgan fingerprint density at radius 2 is 1.36 bits per heavy atom. The predicted molar refractivity (Wildman–Crippen MR) is 96.1 cm³/mol. The number of hydrogen-bond acceptors (Lipinski definition) is 8. The van der Waals surface area contributed by atoms with E-state index >= 15 is 0 Å². The first-order chi connectivity index (χ1) is 11.7. The van der Waals surface area contributed by atoms with Crippen LogP contribution in [0.3, 0.4) is 0 Å². The second-order valence-electron chi connectivity index (χ2n) is 6.61. The van der Waals surface area contributed by atoms with E-state index in [1.54, 1.807) is 13.8 Å². The molecule has 1 heterocycles. The smallest absolute Gasteiger partial charge is 0.321 e. The van der Waals surface area contributed by atoms with E-state index in [9.17, 15) is 19.2 Å². The first-order valence-electron chi connectivity index (χ1n) is 8.17. The van der Waals surface area contributed by atoms with Gasteiger partial charge in [-0.25, -0.2) is 0 Å². The first-order valence-corrected chi connectivity index (χ1v) is 9.93. The summed E-state index contributed by atoms with van der Waals surface area (Å²) in [6.45, 7) is 7.49. The van der Waals surface area contributed by atoms with Gasteiger partial charge in [-0.15, -0.1) is 23.5 Å². The third kappa shape index (κ3) is 4.47. The summed E-state index contributed by atoms with van der Waals surface area (Å²) in [6.07, 6.45) is 0.541. The number of ketones is 2. The van der Waals surface area contributed by atoms with Crippen molar-refractivity contribution in [2.24, 2.45) is 5.41 Å². The molecule has 1 aliphatic carbocycles. The molecule has 2 fully saturated rings. The molecule has 1 aliphatic heterocycles. The quantitative estimate of drug-likeness (QED) is 0.414. The summed E-state index contributed by atoms with van der Waals surface area (Å²) in [5, 5.41) is -1.64. The van der Waals surface area contributed by atoms with E-state index < -0.39 is 22.4 Å². The second-order valence-corrected chi connectivity index (χ2v) is 9.17. The van der Waals surface area contributed by atoms with Gasteiger partial charge in [0.1, 0.15) is 10.5 Å². The minimum absolute atomic E-state index is 0.121. The summed E-state index contributed by atoms with van der Waals surface area (Å²) in [6, 6.07) is 0. The predicted octanol–water partition coefficient (Wildman–Crippen LogP) is 2.50. The fourth-order valence-corrected chi connectivity index (χ4v) is 5.91. The number of carbonyl (C=O) groups excluding carboxylic acids is 4. The summed E-state index contributed by atoms with van der Waals surface area (Å²) >= 11 is 2.12. The maximum absolute atomic E-state index is 12.5. The van der Waals surface area contributed by atoms with Crippen molar-refractivity contribution in [3.05, 3.63) is 9.81 Å². The summed E-state index contributed by atoms with van der Waals surface area (Å²) < 4.78 is 10.5. The molecular weight excluding hydrogens is 364 g/mol. The van der Waals surface area contributed by atoms with Gasteiger partial charge in [-0.1, -0.05) is 13.8 Å². The highest BCUT2D eigenvalue weighted by molar-refractivity contribution is 8.26. The molecule has 0 N–H and O–H groups in total. The van der Waals surface area contributed by atoms with Crippen LogP contribution in [-0.2, 0) is 28.7 Å². The molecule has 0 bridgehead atoms. The number of allylic oxidation sites excluding steroid dienone is 1. The number of esters is 2. The number of ether oxygens (including phenoxy) is 2. The number of rotatable bonds is 4. The van der Waals surface area contributed by atoms with Crippen LogP contribution in [0.15, 0.2) is 9.81 Å². The average molecular weight is 386 g/mol. The van der Waals surface area contributed by atoms with E-state index in [2.05, 4.69) is 0 Å². The normalized spacial score (nSPS) is 25.9. The molecule has 138 valence electrons. The molecule has 6 nitrogen and oxygen atoms in total. The molecule has 1 saturated heterocycles. The minimum atomic E-state index is -0.818. The van der Waals surface area contributed by atoms with Crippen molar-refractivity contribution in [2.45, 2.75) is 51.0 Å². The van der Waals surface area contributed by atoms with Gasteiger partial charge < -0.3 is 9.47 Å². The van der Waals surface area contributed by atoms with Gasteiger partial charge in [0.15, 0.2) is 11.6 Å². The van der Waals surface area contributed by atoms with Crippen LogP contribution in [0, 0.1) is 5.41 Å². The van der Waals surface area contributed by atoms with E-state index in [1.807, 2.05) is 13.8 Å². The summed E-state index contributed by atoms with van der Waals surface area (Å²) in [5.41, 5.74) is -0.247. The highest BCUT2D eigenvalue weighted by atomic mass is 32.2. The Morgan fingerprint density at radius 3 is 1.72 bits per heavy atom. The maximum atomic E-state index is 12.5. The Balaban J connectivity index is 2.34. The van der Waals surface area contributed by atoms with E-state index in [0.29, 0.717) is 4.24 Å². The lowest BCUT2D eigenvalue weighted by molar-refractivity contribution is -0.148. The maximum Gasteiger partial charge on any atom is 0.321 e. The number of carbonyl (C=O) groups is 4. The Labute approximate surface area is 155 Å². The Kier molecular flexibility index (Phi) is 6.37. The van der Waals surface area contributed by atoms with Crippen LogP contribution >= 0.6 is 23.5 Å². The second kappa shape index (κ2) is 7.95. The van der Waals surface area contributed by atoms with Crippen molar-refractivity contribution in [1.82, 2.24) is 0 Å². The standard InChI is InChI=1S/C17H22O6S2/c1-5-22-14(20)12-13(15(21)23-6-2)25-16(24-12)11-9(18)7-17(3,4)8-10(11)19/h12-13H,5-8H2,1-4H3/t12-,13-/m0/s1. The SMILES string of the molecule is CCOC(=O)[C@H]1SC(=C2C(=O)CC(C)(C)CC2=O)S[C@@H]1C(=O)OCC.